The van der Waals surface area contributed by atoms with Crippen molar-refractivity contribution in [1.82, 2.24) is 15.3 Å². The summed E-state index contributed by atoms with van der Waals surface area (Å²) in [6.07, 6.45) is 0. The van der Waals surface area contributed by atoms with E-state index in [2.05, 4.69) is 15.3 Å². The van der Waals surface area contributed by atoms with E-state index >= 15 is 0 Å². The molecule has 0 aliphatic rings. The Morgan fingerprint density at radius 3 is 2.40 bits per heavy atom. The fourth-order valence-corrected chi connectivity index (χ4v) is 5.10. The first-order valence-corrected chi connectivity index (χ1v) is 14.0. The van der Waals surface area contributed by atoms with Crippen LogP contribution in [0.4, 0.5) is 15.7 Å². The molecule has 40 heavy (non-hydrogen) atoms. The molecule has 4 aromatic rings. The number of anilines is 2. The largest absolute Gasteiger partial charge is 0.486 e. The Kier molecular flexibility index (Phi) is 8.69. The maximum Gasteiger partial charge on any atom is 0.332 e. The molecule has 0 radical (unpaired) electrons. The van der Waals surface area contributed by atoms with Gasteiger partial charge in [-0.1, -0.05) is 53.0 Å². The van der Waals surface area contributed by atoms with Crippen LogP contribution in [-0.2, 0) is 23.4 Å². The Balaban J connectivity index is 1.47. The number of rotatable bonds is 8. The van der Waals surface area contributed by atoms with E-state index in [9.17, 15) is 17.1 Å². The quantitative estimate of drug-likeness (QED) is 0.210. The zero-order chi connectivity index (χ0) is 29.2. The van der Waals surface area contributed by atoms with Crippen LogP contribution in [0.3, 0.4) is 0 Å². The molecule has 0 atom stereocenters. The van der Waals surface area contributed by atoms with E-state index in [1.807, 2.05) is 0 Å². The number of benzene rings is 3. The van der Waals surface area contributed by atoms with Gasteiger partial charge in [0, 0.05) is 17.7 Å². The van der Waals surface area contributed by atoms with Crippen molar-refractivity contribution in [3.63, 3.8) is 0 Å². The fourth-order valence-electron chi connectivity index (χ4n) is 3.82. The molecule has 9 nitrogen and oxygen atoms in total. The van der Waals surface area contributed by atoms with E-state index in [1.54, 1.807) is 36.4 Å². The number of nitrogen functional groups attached to an aromatic ring is 2. The van der Waals surface area contributed by atoms with Crippen molar-refractivity contribution in [2.45, 2.75) is 25.0 Å². The summed E-state index contributed by atoms with van der Waals surface area (Å²) in [5, 5.41) is 3.59. The second-order valence-electron chi connectivity index (χ2n) is 8.57. The highest BCUT2D eigenvalue weighted by molar-refractivity contribution is 7.86. The van der Waals surface area contributed by atoms with Crippen LogP contribution in [0, 0.1) is 6.92 Å². The summed E-state index contributed by atoms with van der Waals surface area (Å²) in [6, 6.07) is 13.6. The summed E-state index contributed by atoms with van der Waals surface area (Å²) in [5.41, 5.74) is 14.2. The molecule has 0 spiro atoms. The van der Waals surface area contributed by atoms with Crippen LogP contribution in [0.2, 0.25) is 15.1 Å². The Labute approximate surface area is 244 Å². The molecule has 1 heterocycles. The van der Waals surface area contributed by atoms with Gasteiger partial charge in [-0.15, -0.1) is 3.89 Å². The van der Waals surface area contributed by atoms with Crippen molar-refractivity contribution >= 4 is 62.7 Å². The Morgan fingerprint density at radius 2 is 1.73 bits per heavy atom. The zero-order valence-corrected chi connectivity index (χ0v) is 23.8. The number of hydrogen-bond donors (Lipinski definition) is 3. The molecule has 208 valence electrons. The first-order valence-electron chi connectivity index (χ1n) is 11.5. The van der Waals surface area contributed by atoms with Gasteiger partial charge in [0.25, 0.3) is 5.91 Å². The Morgan fingerprint density at radius 1 is 0.975 bits per heavy atom. The van der Waals surface area contributed by atoms with E-state index in [0.717, 1.165) is 6.07 Å². The highest BCUT2D eigenvalue weighted by Crippen LogP contribution is 2.34. The summed E-state index contributed by atoms with van der Waals surface area (Å²) >= 11 is 18.6. The maximum atomic E-state index is 13.5. The predicted molar refractivity (Wildman–Crippen MR) is 153 cm³/mol. The van der Waals surface area contributed by atoms with Crippen molar-refractivity contribution in [1.29, 1.82) is 0 Å². The number of amides is 1. The summed E-state index contributed by atoms with van der Waals surface area (Å²) in [7, 11) is -4.96. The minimum atomic E-state index is -4.96. The second-order valence-corrected chi connectivity index (χ2v) is 11.1. The van der Waals surface area contributed by atoms with Crippen molar-refractivity contribution in [2.75, 3.05) is 11.5 Å². The minimum absolute atomic E-state index is 0.00551. The van der Waals surface area contributed by atoms with Crippen LogP contribution in [-0.4, -0.2) is 24.3 Å². The third-order valence-corrected chi connectivity index (χ3v) is 7.76. The van der Waals surface area contributed by atoms with Gasteiger partial charge < -0.3 is 21.5 Å². The lowest BCUT2D eigenvalue weighted by Gasteiger charge is -2.15. The van der Waals surface area contributed by atoms with E-state index in [0.29, 0.717) is 38.2 Å². The minimum Gasteiger partial charge on any atom is -0.486 e. The predicted octanol–water partition coefficient (Wildman–Crippen LogP) is 5.74. The van der Waals surface area contributed by atoms with Gasteiger partial charge in [-0.3, -0.25) is 4.79 Å². The summed E-state index contributed by atoms with van der Waals surface area (Å²) < 4.78 is 42.0. The van der Waals surface area contributed by atoms with Crippen LogP contribution in [0.25, 0.3) is 11.1 Å². The van der Waals surface area contributed by atoms with Gasteiger partial charge in [0.05, 0.1) is 20.8 Å². The molecule has 0 saturated carbocycles. The van der Waals surface area contributed by atoms with E-state index in [1.165, 1.54) is 19.1 Å². The number of carbonyl (C=O) groups is 1. The van der Waals surface area contributed by atoms with Crippen molar-refractivity contribution < 1.29 is 21.8 Å². The lowest BCUT2D eigenvalue weighted by molar-refractivity contribution is 0.0950. The van der Waals surface area contributed by atoms with Crippen LogP contribution < -0.4 is 21.5 Å². The maximum absolute atomic E-state index is 13.5. The van der Waals surface area contributed by atoms with Gasteiger partial charge in [-0.05, 0) is 60.0 Å². The van der Waals surface area contributed by atoms with Gasteiger partial charge in [0.2, 0.25) is 5.95 Å². The molecule has 0 fully saturated rings. The third-order valence-electron chi connectivity index (χ3n) is 5.76. The first-order chi connectivity index (χ1) is 18.8. The summed E-state index contributed by atoms with van der Waals surface area (Å²) in [5.74, 6) is -0.174. The van der Waals surface area contributed by atoms with Crippen molar-refractivity contribution in [3.05, 3.63) is 92.0 Å². The van der Waals surface area contributed by atoms with Gasteiger partial charge in [-0.2, -0.15) is 13.4 Å². The molecule has 0 unspecified atom stereocenters. The normalized spacial score (nSPS) is 11.3. The van der Waals surface area contributed by atoms with Gasteiger partial charge in [-0.25, -0.2) is 4.98 Å². The number of halogens is 4. The molecule has 0 aliphatic heterocycles. The summed E-state index contributed by atoms with van der Waals surface area (Å²) in [4.78, 5) is 20.3. The molecular formula is C26H21Cl3FN5O4S. The van der Waals surface area contributed by atoms with Gasteiger partial charge in [0.1, 0.15) is 23.1 Å². The zero-order valence-electron chi connectivity index (χ0n) is 20.7. The average molecular weight is 625 g/mol. The van der Waals surface area contributed by atoms with Gasteiger partial charge >= 0.3 is 10.2 Å². The number of aromatic nitrogens is 2. The Hall–Kier alpha value is -3.64. The highest BCUT2D eigenvalue weighted by Gasteiger charge is 2.19. The molecule has 4 rings (SSSR count). The number of ether oxygens (including phenoxy) is 1. The van der Waals surface area contributed by atoms with E-state index in [-0.39, 0.29) is 41.1 Å². The fraction of sp³-hybridized carbons (Fsp3) is 0.115. The molecule has 1 amide bonds. The molecule has 1 aromatic heterocycles. The number of nitrogens with two attached hydrogens (primary N) is 2. The van der Waals surface area contributed by atoms with Crippen molar-refractivity contribution in [2.24, 2.45) is 0 Å². The smallest absolute Gasteiger partial charge is 0.332 e. The van der Waals surface area contributed by atoms with Crippen molar-refractivity contribution in [3.8, 4) is 16.9 Å². The van der Waals surface area contributed by atoms with Crippen LogP contribution in [0.1, 0.15) is 27.2 Å². The SMILES string of the molecule is Cc1ccc(C(=O)NCc2ccc(OCc3nc(N)nc(N)c3-c3ccc(Cl)c(Cl)c3)c(Cl)c2)cc1S(=O)(=O)F. The van der Waals surface area contributed by atoms with E-state index in [4.69, 9.17) is 51.0 Å². The van der Waals surface area contributed by atoms with Crippen LogP contribution in [0.5, 0.6) is 5.75 Å². The second kappa shape index (κ2) is 11.8. The molecule has 3 aromatic carbocycles. The molecule has 0 aliphatic carbocycles. The van der Waals surface area contributed by atoms with Crippen LogP contribution >= 0.6 is 34.8 Å². The van der Waals surface area contributed by atoms with Gasteiger partial charge in [0.15, 0.2) is 0 Å². The molecule has 5 N–H and O–H groups in total. The number of aryl methyl sites for hydroxylation is 1. The summed E-state index contributed by atoms with van der Waals surface area (Å²) in [6.45, 7) is 1.43. The lowest BCUT2D eigenvalue weighted by Crippen LogP contribution is -2.23. The lowest BCUT2D eigenvalue weighted by atomic mass is 10.0. The first kappa shape index (κ1) is 29.3. The molecule has 0 saturated heterocycles. The topological polar surface area (TPSA) is 150 Å². The number of carbonyl (C=O) groups excluding carboxylic acids is 1. The standard InChI is InChI=1S/C26H21Cl3FN5O4S/c1-13-2-4-16(10-22(13)40(30,37)38)25(36)33-11-14-3-7-21(19(29)8-14)39-12-20-23(24(31)35-26(32)34-20)15-5-6-17(27)18(28)9-15/h2-10H,11-12H2,1H3,(H,33,36)(H4,31,32,34,35). The number of nitrogens with zero attached hydrogens (tertiary/aromatic N) is 2. The highest BCUT2D eigenvalue weighted by atomic mass is 35.5. The molecule has 14 heteroatoms. The van der Waals surface area contributed by atoms with E-state index < -0.39 is 21.0 Å². The van der Waals surface area contributed by atoms with Crippen LogP contribution in [0.15, 0.2) is 59.5 Å². The molecule has 0 bridgehead atoms. The monoisotopic (exact) mass is 623 g/mol. The average Bonchev–Trinajstić information content (AvgIpc) is 2.87. The number of nitrogens with one attached hydrogen (secondary N) is 1. The third kappa shape index (κ3) is 6.73. The Bertz CT molecular complexity index is 1740. The molecular weight excluding hydrogens is 604 g/mol. The number of hydrogen-bond acceptors (Lipinski definition) is 8.